The fraction of sp³-hybridized carbons (Fsp3) is 0.500. The predicted octanol–water partition coefficient (Wildman–Crippen LogP) is 3.77. The minimum absolute atomic E-state index is 0.204. The van der Waals surface area contributed by atoms with Gasteiger partial charge in [0.25, 0.3) is 0 Å². The van der Waals surface area contributed by atoms with Crippen LogP contribution in [-0.4, -0.2) is 11.2 Å². The first-order valence-electron chi connectivity index (χ1n) is 6.43. The van der Waals surface area contributed by atoms with Crippen LogP contribution in [0.15, 0.2) is 30.3 Å². The van der Waals surface area contributed by atoms with Crippen LogP contribution in [0.5, 0.6) is 0 Å². The second kappa shape index (κ2) is 4.66. The number of aliphatic hydroxyl groups is 1. The molecule has 0 aliphatic heterocycles. The molecule has 0 heterocycles. The average Bonchev–Trinajstić information content (AvgIpc) is 3.09. The van der Waals surface area contributed by atoms with Crippen molar-refractivity contribution in [1.29, 1.82) is 0 Å². The molecule has 1 aliphatic carbocycles. The molecule has 1 fully saturated rings. The molecule has 0 aromatic heterocycles. The van der Waals surface area contributed by atoms with Gasteiger partial charge in [-0.3, -0.25) is 0 Å². The minimum Gasteiger partial charge on any atom is -0.389 e. The van der Waals surface area contributed by atoms with Gasteiger partial charge in [0.05, 0.1) is 6.10 Å². The quantitative estimate of drug-likeness (QED) is 0.838. The highest BCUT2D eigenvalue weighted by Gasteiger charge is 2.27. The Morgan fingerprint density at radius 1 is 1.18 bits per heavy atom. The normalized spacial score (nSPS) is 18.6. The Morgan fingerprint density at radius 3 is 2.24 bits per heavy atom. The topological polar surface area (TPSA) is 20.2 Å². The Bertz CT molecular complexity index is 391. The maximum atomic E-state index is 9.75. The van der Waals surface area contributed by atoms with Crippen LogP contribution in [0.4, 0.5) is 0 Å². The monoisotopic (exact) mass is 230 g/mol. The Labute approximate surface area is 104 Å². The van der Waals surface area contributed by atoms with Gasteiger partial charge in [0.1, 0.15) is 0 Å². The molecule has 1 aliphatic rings. The van der Waals surface area contributed by atoms with E-state index in [0.29, 0.717) is 5.92 Å². The molecule has 1 N–H and O–H groups in total. The Balaban J connectivity index is 2.02. The van der Waals surface area contributed by atoms with E-state index in [0.717, 1.165) is 5.56 Å². The molecule has 0 bridgehead atoms. The van der Waals surface area contributed by atoms with Gasteiger partial charge in [-0.25, -0.2) is 0 Å². The molecular formula is C16H22O. The molecule has 1 nitrogen and oxygen atoms in total. The first kappa shape index (κ1) is 12.4. The average molecular weight is 230 g/mol. The third kappa shape index (κ3) is 3.44. The Morgan fingerprint density at radius 2 is 1.76 bits per heavy atom. The standard InChI is InChI=1S/C16H22O/c1-16(2,3)14-9-4-12(5-10-14)6-11-15(17)13-7-8-13/h4-6,9-11,13,15,17H,7-8H2,1-3H3/b11-6+/t15-/m1/s1. The first-order valence-corrected chi connectivity index (χ1v) is 6.43. The number of aliphatic hydroxyl groups excluding tert-OH is 1. The molecule has 1 atom stereocenters. The van der Waals surface area contributed by atoms with Gasteiger partial charge >= 0.3 is 0 Å². The molecule has 1 saturated carbocycles. The zero-order valence-electron chi connectivity index (χ0n) is 11.0. The lowest BCUT2D eigenvalue weighted by atomic mass is 9.87. The third-order valence-electron chi connectivity index (χ3n) is 3.37. The van der Waals surface area contributed by atoms with Gasteiger partial charge in [-0.05, 0) is 35.3 Å². The highest BCUT2D eigenvalue weighted by Crippen LogP contribution is 2.33. The summed E-state index contributed by atoms with van der Waals surface area (Å²) in [4.78, 5) is 0. The van der Waals surface area contributed by atoms with E-state index >= 15 is 0 Å². The number of hydrogen-bond donors (Lipinski definition) is 1. The van der Waals surface area contributed by atoms with Crippen molar-refractivity contribution in [2.75, 3.05) is 0 Å². The van der Waals surface area contributed by atoms with E-state index in [-0.39, 0.29) is 11.5 Å². The van der Waals surface area contributed by atoms with Gasteiger partial charge < -0.3 is 5.11 Å². The maximum Gasteiger partial charge on any atom is 0.0752 e. The van der Waals surface area contributed by atoms with Gasteiger partial charge in [-0.1, -0.05) is 57.2 Å². The summed E-state index contributed by atoms with van der Waals surface area (Å²) in [5.41, 5.74) is 2.71. The molecule has 0 amide bonds. The summed E-state index contributed by atoms with van der Waals surface area (Å²) in [6.07, 6.45) is 6.04. The first-order chi connectivity index (χ1) is 7.97. The van der Waals surface area contributed by atoms with Gasteiger partial charge in [-0.2, -0.15) is 0 Å². The van der Waals surface area contributed by atoms with E-state index in [1.807, 2.05) is 12.2 Å². The molecule has 0 radical (unpaired) electrons. The van der Waals surface area contributed by atoms with Crippen molar-refractivity contribution in [2.24, 2.45) is 5.92 Å². The van der Waals surface area contributed by atoms with Gasteiger partial charge in [0.2, 0.25) is 0 Å². The minimum atomic E-state index is -0.253. The summed E-state index contributed by atoms with van der Waals surface area (Å²) in [5.74, 6) is 0.514. The fourth-order valence-corrected chi connectivity index (χ4v) is 1.90. The summed E-state index contributed by atoms with van der Waals surface area (Å²) in [6, 6.07) is 8.58. The van der Waals surface area contributed by atoms with Crippen molar-refractivity contribution in [1.82, 2.24) is 0 Å². The van der Waals surface area contributed by atoms with E-state index < -0.39 is 0 Å². The van der Waals surface area contributed by atoms with Crippen LogP contribution < -0.4 is 0 Å². The van der Waals surface area contributed by atoms with Crippen LogP contribution in [0.2, 0.25) is 0 Å². The zero-order valence-corrected chi connectivity index (χ0v) is 11.0. The Hall–Kier alpha value is -1.08. The van der Waals surface area contributed by atoms with Crippen LogP contribution in [0, 0.1) is 5.92 Å². The number of benzene rings is 1. The molecule has 1 heteroatoms. The zero-order chi connectivity index (χ0) is 12.5. The summed E-state index contributed by atoms with van der Waals surface area (Å²) >= 11 is 0. The van der Waals surface area contributed by atoms with Crippen LogP contribution in [-0.2, 0) is 5.41 Å². The van der Waals surface area contributed by atoms with E-state index in [9.17, 15) is 5.11 Å². The second-order valence-corrected chi connectivity index (χ2v) is 6.06. The molecule has 1 aromatic carbocycles. The van der Waals surface area contributed by atoms with Crippen molar-refractivity contribution >= 4 is 6.08 Å². The molecule has 1 aromatic rings. The summed E-state index contributed by atoms with van der Waals surface area (Å²) in [5, 5.41) is 9.75. The van der Waals surface area contributed by atoms with Crippen LogP contribution >= 0.6 is 0 Å². The van der Waals surface area contributed by atoms with Crippen molar-refractivity contribution in [2.45, 2.75) is 45.1 Å². The third-order valence-corrected chi connectivity index (χ3v) is 3.37. The summed E-state index contributed by atoms with van der Waals surface area (Å²) in [7, 11) is 0. The predicted molar refractivity (Wildman–Crippen MR) is 72.9 cm³/mol. The lowest BCUT2D eigenvalue weighted by Crippen LogP contribution is -2.10. The van der Waals surface area contributed by atoms with Crippen molar-refractivity contribution < 1.29 is 5.11 Å². The smallest absolute Gasteiger partial charge is 0.0752 e. The lowest BCUT2D eigenvalue weighted by molar-refractivity contribution is 0.200. The van der Waals surface area contributed by atoms with Crippen molar-refractivity contribution in [3.63, 3.8) is 0 Å². The largest absolute Gasteiger partial charge is 0.389 e. The summed E-state index contributed by atoms with van der Waals surface area (Å²) < 4.78 is 0. The molecule has 17 heavy (non-hydrogen) atoms. The maximum absolute atomic E-state index is 9.75. The van der Waals surface area contributed by atoms with Crippen LogP contribution in [0.25, 0.3) is 6.08 Å². The molecule has 92 valence electrons. The van der Waals surface area contributed by atoms with E-state index in [2.05, 4.69) is 45.0 Å². The lowest BCUT2D eigenvalue weighted by Gasteiger charge is -2.18. The highest BCUT2D eigenvalue weighted by molar-refractivity contribution is 5.50. The fourth-order valence-electron chi connectivity index (χ4n) is 1.90. The van der Waals surface area contributed by atoms with E-state index in [4.69, 9.17) is 0 Å². The number of rotatable bonds is 3. The summed E-state index contributed by atoms with van der Waals surface area (Å²) in [6.45, 7) is 6.65. The van der Waals surface area contributed by atoms with Crippen LogP contribution in [0.3, 0.4) is 0 Å². The Kier molecular flexibility index (Phi) is 3.39. The SMILES string of the molecule is CC(C)(C)c1ccc(/C=C/[C@@H](O)C2CC2)cc1. The molecule has 0 spiro atoms. The van der Waals surface area contributed by atoms with Gasteiger partial charge in [0.15, 0.2) is 0 Å². The van der Waals surface area contributed by atoms with Crippen molar-refractivity contribution in [3.8, 4) is 0 Å². The molecular weight excluding hydrogens is 208 g/mol. The van der Waals surface area contributed by atoms with Crippen LogP contribution in [0.1, 0.15) is 44.7 Å². The second-order valence-electron chi connectivity index (χ2n) is 6.06. The highest BCUT2D eigenvalue weighted by atomic mass is 16.3. The number of hydrogen-bond acceptors (Lipinski definition) is 1. The molecule has 0 unspecified atom stereocenters. The van der Waals surface area contributed by atoms with E-state index in [1.54, 1.807) is 0 Å². The molecule has 2 rings (SSSR count). The van der Waals surface area contributed by atoms with Gasteiger partial charge in [0, 0.05) is 0 Å². The van der Waals surface area contributed by atoms with Gasteiger partial charge in [-0.15, -0.1) is 0 Å². The van der Waals surface area contributed by atoms with E-state index in [1.165, 1.54) is 18.4 Å². The van der Waals surface area contributed by atoms with Crippen molar-refractivity contribution in [3.05, 3.63) is 41.5 Å². The molecule has 0 saturated heterocycles.